The van der Waals surface area contributed by atoms with Crippen molar-refractivity contribution in [3.8, 4) is 11.1 Å². The summed E-state index contributed by atoms with van der Waals surface area (Å²) in [6, 6.07) is 10.2. The molecular formula is C18H13F2N3O. The maximum atomic E-state index is 13.9. The van der Waals surface area contributed by atoms with Crippen molar-refractivity contribution in [2.75, 3.05) is 0 Å². The lowest BCUT2D eigenvalue weighted by molar-refractivity contribution is 0.0950. The van der Waals surface area contributed by atoms with Gasteiger partial charge in [-0.3, -0.25) is 14.8 Å². The number of nitrogens with zero attached hydrogens (tertiary/aromatic N) is 2. The van der Waals surface area contributed by atoms with E-state index < -0.39 is 11.6 Å². The number of pyridine rings is 2. The van der Waals surface area contributed by atoms with E-state index in [9.17, 15) is 13.6 Å². The molecule has 4 nitrogen and oxygen atoms in total. The first-order valence-electron chi connectivity index (χ1n) is 7.22. The third kappa shape index (κ3) is 3.60. The van der Waals surface area contributed by atoms with Crippen LogP contribution in [0.4, 0.5) is 8.78 Å². The number of carbonyl (C=O) groups is 1. The lowest BCUT2D eigenvalue weighted by Crippen LogP contribution is -2.23. The molecule has 0 atom stereocenters. The molecular weight excluding hydrogens is 312 g/mol. The van der Waals surface area contributed by atoms with Crippen molar-refractivity contribution in [1.82, 2.24) is 15.3 Å². The Morgan fingerprint density at radius 3 is 2.71 bits per heavy atom. The second kappa shape index (κ2) is 6.95. The summed E-state index contributed by atoms with van der Waals surface area (Å²) in [5.74, 6) is -1.71. The molecule has 0 saturated heterocycles. The number of rotatable bonds is 4. The Bertz CT molecular complexity index is 869. The van der Waals surface area contributed by atoms with E-state index in [-0.39, 0.29) is 23.6 Å². The molecule has 0 aliphatic carbocycles. The Labute approximate surface area is 137 Å². The number of amides is 1. The van der Waals surface area contributed by atoms with E-state index in [2.05, 4.69) is 15.3 Å². The molecule has 6 heteroatoms. The second-order valence-electron chi connectivity index (χ2n) is 5.09. The van der Waals surface area contributed by atoms with Gasteiger partial charge in [-0.2, -0.15) is 0 Å². The van der Waals surface area contributed by atoms with Gasteiger partial charge >= 0.3 is 0 Å². The van der Waals surface area contributed by atoms with Crippen LogP contribution in [0.5, 0.6) is 0 Å². The first-order chi connectivity index (χ1) is 11.6. The molecule has 0 spiro atoms. The summed E-state index contributed by atoms with van der Waals surface area (Å²) in [7, 11) is 0. The Balaban J connectivity index is 1.78. The van der Waals surface area contributed by atoms with Gasteiger partial charge in [-0.15, -0.1) is 0 Å². The van der Waals surface area contributed by atoms with Crippen LogP contribution in [0.15, 0.2) is 61.1 Å². The van der Waals surface area contributed by atoms with E-state index in [1.807, 2.05) is 6.07 Å². The number of carbonyl (C=O) groups excluding carboxylic acids is 1. The predicted molar refractivity (Wildman–Crippen MR) is 85.0 cm³/mol. The monoisotopic (exact) mass is 325 g/mol. The average molecular weight is 325 g/mol. The van der Waals surface area contributed by atoms with Crippen LogP contribution in [0, 0.1) is 11.6 Å². The van der Waals surface area contributed by atoms with Crippen molar-refractivity contribution in [2.24, 2.45) is 0 Å². The normalized spacial score (nSPS) is 10.4. The van der Waals surface area contributed by atoms with Gasteiger partial charge in [0.05, 0.1) is 17.8 Å². The highest BCUT2D eigenvalue weighted by Crippen LogP contribution is 2.23. The van der Waals surface area contributed by atoms with Gasteiger partial charge in [0.1, 0.15) is 11.6 Å². The zero-order valence-electron chi connectivity index (χ0n) is 12.5. The van der Waals surface area contributed by atoms with E-state index in [0.717, 1.165) is 17.8 Å². The predicted octanol–water partition coefficient (Wildman–Crippen LogP) is 3.35. The molecule has 1 amide bonds. The Morgan fingerprint density at radius 2 is 1.96 bits per heavy atom. The van der Waals surface area contributed by atoms with Gasteiger partial charge in [0.15, 0.2) is 0 Å². The Morgan fingerprint density at radius 1 is 1.08 bits per heavy atom. The Kier molecular flexibility index (Phi) is 4.56. The maximum absolute atomic E-state index is 13.9. The number of nitrogens with one attached hydrogen (secondary N) is 1. The van der Waals surface area contributed by atoms with Crippen molar-refractivity contribution in [3.63, 3.8) is 0 Å². The third-order valence-corrected chi connectivity index (χ3v) is 3.40. The fourth-order valence-electron chi connectivity index (χ4n) is 2.21. The highest BCUT2D eigenvalue weighted by atomic mass is 19.1. The van der Waals surface area contributed by atoms with E-state index in [1.165, 1.54) is 24.5 Å². The van der Waals surface area contributed by atoms with E-state index in [0.29, 0.717) is 5.56 Å². The summed E-state index contributed by atoms with van der Waals surface area (Å²) in [5, 5.41) is 2.72. The van der Waals surface area contributed by atoms with Crippen molar-refractivity contribution in [3.05, 3.63) is 83.9 Å². The largest absolute Gasteiger partial charge is 0.346 e. The van der Waals surface area contributed by atoms with Crippen molar-refractivity contribution in [2.45, 2.75) is 6.54 Å². The van der Waals surface area contributed by atoms with Crippen molar-refractivity contribution >= 4 is 5.91 Å². The van der Waals surface area contributed by atoms with Crippen LogP contribution in [-0.4, -0.2) is 15.9 Å². The summed E-state index contributed by atoms with van der Waals surface area (Å²) in [4.78, 5) is 20.3. The summed E-state index contributed by atoms with van der Waals surface area (Å²) in [5.41, 5.74) is 1.59. The summed E-state index contributed by atoms with van der Waals surface area (Å²) in [6.07, 6.45) is 4.45. The quantitative estimate of drug-likeness (QED) is 0.800. The Hall–Kier alpha value is -3.15. The molecule has 0 saturated carbocycles. The number of hydrogen-bond donors (Lipinski definition) is 1. The van der Waals surface area contributed by atoms with Gasteiger partial charge in [-0.25, -0.2) is 8.78 Å². The molecule has 3 rings (SSSR count). The van der Waals surface area contributed by atoms with Crippen LogP contribution in [-0.2, 0) is 6.54 Å². The van der Waals surface area contributed by atoms with E-state index in [1.54, 1.807) is 18.3 Å². The first kappa shape index (κ1) is 15.7. The lowest BCUT2D eigenvalue weighted by Gasteiger charge is -2.07. The van der Waals surface area contributed by atoms with Gasteiger partial charge in [-0.05, 0) is 30.3 Å². The molecule has 2 aromatic heterocycles. The number of aromatic nitrogens is 2. The lowest BCUT2D eigenvalue weighted by atomic mass is 10.1. The van der Waals surface area contributed by atoms with Gasteiger partial charge < -0.3 is 5.32 Å². The average Bonchev–Trinajstić information content (AvgIpc) is 2.60. The maximum Gasteiger partial charge on any atom is 0.253 e. The van der Waals surface area contributed by atoms with Crippen molar-refractivity contribution < 1.29 is 13.6 Å². The SMILES string of the molecule is O=C(NCc1ccccn1)c1cncc(-c2ccc(F)cc2F)c1. The molecule has 3 aromatic rings. The van der Waals surface area contributed by atoms with Crippen LogP contribution in [0.3, 0.4) is 0 Å². The molecule has 0 unspecified atom stereocenters. The molecule has 2 heterocycles. The molecule has 0 aliphatic heterocycles. The van der Waals surface area contributed by atoms with Gasteiger partial charge in [0.25, 0.3) is 5.91 Å². The zero-order chi connectivity index (χ0) is 16.9. The van der Waals surface area contributed by atoms with E-state index >= 15 is 0 Å². The standard InChI is InChI=1S/C18H13F2N3O/c19-14-4-5-16(17(20)8-14)12-7-13(10-21-9-12)18(24)23-11-15-3-1-2-6-22-15/h1-10H,11H2,(H,23,24). The van der Waals surface area contributed by atoms with Crippen LogP contribution in [0.25, 0.3) is 11.1 Å². The highest BCUT2D eigenvalue weighted by molar-refractivity contribution is 5.95. The summed E-state index contributed by atoms with van der Waals surface area (Å²) >= 11 is 0. The van der Waals surface area contributed by atoms with Crippen LogP contribution in [0.1, 0.15) is 16.1 Å². The minimum absolute atomic E-state index is 0.184. The van der Waals surface area contributed by atoms with Gasteiger partial charge in [-0.1, -0.05) is 6.07 Å². The fraction of sp³-hybridized carbons (Fsp3) is 0.0556. The number of hydrogen-bond acceptors (Lipinski definition) is 3. The molecule has 0 bridgehead atoms. The topological polar surface area (TPSA) is 54.9 Å². The number of halogens is 2. The summed E-state index contributed by atoms with van der Waals surface area (Å²) in [6.45, 7) is 0.273. The third-order valence-electron chi connectivity index (χ3n) is 3.40. The first-order valence-corrected chi connectivity index (χ1v) is 7.22. The fourth-order valence-corrected chi connectivity index (χ4v) is 2.21. The van der Waals surface area contributed by atoms with E-state index in [4.69, 9.17) is 0 Å². The second-order valence-corrected chi connectivity index (χ2v) is 5.09. The molecule has 0 fully saturated rings. The highest BCUT2D eigenvalue weighted by Gasteiger charge is 2.11. The molecule has 1 aromatic carbocycles. The van der Waals surface area contributed by atoms with Gasteiger partial charge in [0.2, 0.25) is 0 Å². The molecule has 0 aliphatic rings. The molecule has 120 valence electrons. The molecule has 1 N–H and O–H groups in total. The van der Waals surface area contributed by atoms with Crippen LogP contribution < -0.4 is 5.32 Å². The molecule has 24 heavy (non-hydrogen) atoms. The van der Waals surface area contributed by atoms with Crippen LogP contribution in [0.2, 0.25) is 0 Å². The molecule has 0 radical (unpaired) electrons. The van der Waals surface area contributed by atoms with Gasteiger partial charge in [0, 0.05) is 35.8 Å². The zero-order valence-corrected chi connectivity index (χ0v) is 12.5. The minimum atomic E-state index is -0.706. The van der Waals surface area contributed by atoms with Crippen LogP contribution >= 0.6 is 0 Å². The summed E-state index contributed by atoms with van der Waals surface area (Å²) < 4.78 is 26.9. The minimum Gasteiger partial charge on any atom is -0.346 e. The number of benzene rings is 1. The van der Waals surface area contributed by atoms with Crippen molar-refractivity contribution in [1.29, 1.82) is 0 Å². The smallest absolute Gasteiger partial charge is 0.253 e.